The Balaban J connectivity index is 1.51. The molecule has 3 rings (SSSR count). The van der Waals surface area contributed by atoms with Crippen LogP contribution >= 0.6 is 11.6 Å². The van der Waals surface area contributed by atoms with E-state index in [0.717, 1.165) is 49.3 Å². The summed E-state index contributed by atoms with van der Waals surface area (Å²) in [6.45, 7) is 4.76. The summed E-state index contributed by atoms with van der Waals surface area (Å²) >= 11 is 6.07. The Morgan fingerprint density at radius 2 is 1.93 bits per heavy atom. The van der Waals surface area contributed by atoms with Gasteiger partial charge in [-0.05, 0) is 35.4 Å². The van der Waals surface area contributed by atoms with Gasteiger partial charge in [0.1, 0.15) is 5.82 Å². The zero-order chi connectivity index (χ0) is 19.9. The molecule has 0 aromatic heterocycles. The fourth-order valence-electron chi connectivity index (χ4n) is 3.38. The first kappa shape index (κ1) is 20.6. The van der Waals surface area contributed by atoms with E-state index in [4.69, 9.17) is 11.6 Å². The summed E-state index contributed by atoms with van der Waals surface area (Å²) in [6.07, 6.45) is 0. The molecule has 2 N–H and O–H groups in total. The highest BCUT2D eigenvalue weighted by Crippen LogP contribution is 2.14. The van der Waals surface area contributed by atoms with Gasteiger partial charge in [0.05, 0.1) is 6.61 Å². The molecule has 0 amide bonds. The molecular formula is C21H26ClFN4O. The highest BCUT2D eigenvalue weighted by molar-refractivity contribution is 6.30. The Morgan fingerprint density at radius 1 is 1.14 bits per heavy atom. The molecule has 0 radical (unpaired) electrons. The van der Waals surface area contributed by atoms with E-state index >= 15 is 0 Å². The number of benzene rings is 2. The molecular weight excluding hydrogens is 379 g/mol. The van der Waals surface area contributed by atoms with Crippen LogP contribution in [0, 0.1) is 5.82 Å². The quantitative estimate of drug-likeness (QED) is 0.594. The van der Waals surface area contributed by atoms with Crippen LogP contribution in [0.3, 0.4) is 0 Å². The second-order valence-electron chi connectivity index (χ2n) is 6.88. The van der Waals surface area contributed by atoms with Crippen LogP contribution < -0.4 is 5.32 Å². The van der Waals surface area contributed by atoms with Crippen LogP contribution in [0.25, 0.3) is 0 Å². The van der Waals surface area contributed by atoms with E-state index < -0.39 is 0 Å². The molecule has 1 saturated heterocycles. The monoisotopic (exact) mass is 404 g/mol. The first-order valence-electron chi connectivity index (χ1n) is 9.39. The van der Waals surface area contributed by atoms with Crippen LogP contribution in [0.15, 0.2) is 47.5 Å². The van der Waals surface area contributed by atoms with E-state index in [-0.39, 0.29) is 12.4 Å². The molecule has 1 aliphatic rings. The van der Waals surface area contributed by atoms with Crippen molar-refractivity contribution >= 4 is 17.6 Å². The molecule has 0 atom stereocenters. The van der Waals surface area contributed by atoms with Gasteiger partial charge >= 0.3 is 0 Å². The fourth-order valence-corrected chi connectivity index (χ4v) is 3.60. The first-order chi connectivity index (χ1) is 13.6. The fraction of sp³-hybridized carbons (Fsp3) is 0.381. The van der Waals surface area contributed by atoms with Crippen molar-refractivity contribution in [3.63, 3.8) is 0 Å². The van der Waals surface area contributed by atoms with Gasteiger partial charge in [-0.1, -0.05) is 29.8 Å². The van der Waals surface area contributed by atoms with Crippen molar-refractivity contribution in [2.24, 2.45) is 4.99 Å². The molecule has 1 fully saturated rings. The minimum Gasteiger partial charge on any atom is -0.392 e. The van der Waals surface area contributed by atoms with Crippen LogP contribution in [0.2, 0.25) is 5.02 Å². The number of piperazine rings is 1. The number of rotatable bonds is 5. The van der Waals surface area contributed by atoms with Gasteiger partial charge in [0.2, 0.25) is 0 Å². The van der Waals surface area contributed by atoms with Gasteiger partial charge in [0, 0.05) is 56.9 Å². The predicted molar refractivity (Wildman–Crippen MR) is 111 cm³/mol. The first-order valence-corrected chi connectivity index (χ1v) is 9.77. The Hall–Kier alpha value is -2.15. The molecule has 0 saturated carbocycles. The molecule has 0 aliphatic carbocycles. The summed E-state index contributed by atoms with van der Waals surface area (Å²) in [5.74, 6) is 0.448. The van der Waals surface area contributed by atoms with Crippen molar-refractivity contribution in [2.75, 3.05) is 33.2 Å². The van der Waals surface area contributed by atoms with Gasteiger partial charge < -0.3 is 15.3 Å². The summed E-state index contributed by atoms with van der Waals surface area (Å²) < 4.78 is 13.5. The van der Waals surface area contributed by atoms with Gasteiger partial charge in [0.15, 0.2) is 5.96 Å². The molecule has 0 bridgehead atoms. The third kappa shape index (κ3) is 5.44. The number of hydrogen-bond acceptors (Lipinski definition) is 3. The maximum atomic E-state index is 13.5. The number of nitrogens with one attached hydrogen (secondary N) is 1. The molecule has 7 heteroatoms. The third-order valence-corrected chi connectivity index (χ3v) is 5.15. The number of nitrogens with zero attached hydrogens (tertiary/aromatic N) is 3. The molecule has 28 heavy (non-hydrogen) atoms. The standard InChI is InChI=1S/C21H26ClFN4O/c1-24-21(25-13-16-5-6-20(23)18(11-16)15-28)27-9-7-26(8-10-27)14-17-3-2-4-19(22)12-17/h2-6,11-12,28H,7-10,13-15H2,1H3,(H,24,25). The number of hydrogen-bond donors (Lipinski definition) is 2. The predicted octanol–water partition coefficient (Wildman–Crippen LogP) is 2.86. The Labute approximate surface area is 170 Å². The van der Waals surface area contributed by atoms with Crippen molar-refractivity contribution in [1.82, 2.24) is 15.1 Å². The van der Waals surface area contributed by atoms with E-state index in [0.29, 0.717) is 12.1 Å². The number of aliphatic imine (C=N–C) groups is 1. The number of aliphatic hydroxyl groups excluding tert-OH is 1. The van der Waals surface area contributed by atoms with Gasteiger partial charge in [-0.15, -0.1) is 0 Å². The van der Waals surface area contributed by atoms with Crippen LogP contribution in [0.5, 0.6) is 0 Å². The minimum absolute atomic E-state index is 0.303. The van der Waals surface area contributed by atoms with Crippen molar-refractivity contribution in [3.8, 4) is 0 Å². The van der Waals surface area contributed by atoms with Crippen LogP contribution in [-0.2, 0) is 19.7 Å². The Kier molecular flexibility index (Phi) is 7.25. The lowest BCUT2D eigenvalue weighted by atomic mass is 10.1. The molecule has 5 nitrogen and oxygen atoms in total. The lowest BCUT2D eigenvalue weighted by Crippen LogP contribution is -2.52. The summed E-state index contributed by atoms with van der Waals surface area (Å²) in [7, 11) is 1.77. The van der Waals surface area contributed by atoms with E-state index in [1.54, 1.807) is 19.2 Å². The maximum absolute atomic E-state index is 13.5. The lowest BCUT2D eigenvalue weighted by molar-refractivity contribution is 0.172. The highest BCUT2D eigenvalue weighted by atomic mass is 35.5. The second kappa shape index (κ2) is 9.87. The van der Waals surface area contributed by atoms with Crippen molar-refractivity contribution in [1.29, 1.82) is 0 Å². The average Bonchev–Trinajstić information content (AvgIpc) is 2.71. The largest absolute Gasteiger partial charge is 0.392 e. The summed E-state index contributed by atoms with van der Waals surface area (Å²) in [5, 5.41) is 13.3. The van der Waals surface area contributed by atoms with E-state index in [1.165, 1.54) is 11.6 Å². The van der Waals surface area contributed by atoms with Crippen molar-refractivity contribution in [3.05, 3.63) is 70.0 Å². The molecule has 0 unspecified atom stereocenters. The Bertz CT molecular complexity index is 822. The maximum Gasteiger partial charge on any atom is 0.194 e. The van der Waals surface area contributed by atoms with E-state index in [1.807, 2.05) is 18.2 Å². The van der Waals surface area contributed by atoms with Crippen LogP contribution in [0.1, 0.15) is 16.7 Å². The normalized spacial score (nSPS) is 15.7. The highest BCUT2D eigenvalue weighted by Gasteiger charge is 2.19. The third-order valence-electron chi connectivity index (χ3n) is 4.91. The molecule has 150 valence electrons. The van der Waals surface area contributed by atoms with Gasteiger partial charge in [-0.3, -0.25) is 9.89 Å². The van der Waals surface area contributed by atoms with Crippen LogP contribution in [0.4, 0.5) is 4.39 Å². The molecule has 1 aliphatic heterocycles. The summed E-state index contributed by atoms with van der Waals surface area (Å²) in [4.78, 5) is 9.01. The topological polar surface area (TPSA) is 51.1 Å². The number of halogens is 2. The van der Waals surface area contributed by atoms with Gasteiger partial charge in [-0.2, -0.15) is 0 Å². The lowest BCUT2D eigenvalue weighted by Gasteiger charge is -2.36. The number of aliphatic hydroxyl groups is 1. The Morgan fingerprint density at radius 3 is 2.61 bits per heavy atom. The summed E-state index contributed by atoms with van der Waals surface area (Å²) in [5.41, 5.74) is 2.44. The summed E-state index contributed by atoms with van der Waals surface area (Å²) in [6, 6.07) is 12.8. The molecule has 2 aromatic rings. The van der Waals surface area contributed by atoms with Crippen LogP contribution in [-0.4, -0.2) is 54.1 Å². The SMILES string of the molecule is CN=C(NCc1ccc(F)c(CO)c1)N1CCN(Cc2cccc(Cl)c2)CC1. The zero-order valence-corrected chi connectivity index (χ0v) is 16.8. The van der Waals surface area contributed by atoms with Gasteiger partial charge in [-0.25, -0.2) is 4.39 Å². The average molecular weight is 405 g/mol. The number of guanidine groups is 1. The van der Waals surface area contributed by atoms with Crippen molar-refractivity contribution < 1.29 is 9.50 Å². The smallest absolute Gasteiger partial charge is 0.194 e. The van der Waals surface area contributed by atoms with Gasteiger partial charge in [0.25, 0.3) is 0 Å². The van der Waals surface area contributed by atoms with E-state index in [2.05, 4.69) is 26.2 Å². The minimum atomic E-state index is -0.383. The molecule has 2 aromatic carbocycles. The van der Waals surface area contributed by atoms with Crippen molar-refractivity contribution in [2.45, 2.75) is 19.7 Å². The molecule has 0 spiro atoms. The second-order valence-corrected chi connectivity index (χ2v) is 7.31. The molecule has 1 heterocycles. The zero-order valence-electron chi connectivity index (χ0n) is 16.0. The van der Waals surface area contributed by atoms with E-state index in [9.17, 15) is 9.50 Å².